The van der Waals surface area contributed by atoms with Gasteiger partial charge < -0.3 is 5.73 Å². The van der Waals surface area contributed by atoms with Crippen molar-refractivity contribution in [3.8, 4) is 22.3 Å². The van der Waals surface area contributed by atoms with E-state index < -0.39 is 0 Å². The molecule has 1 heterocycles. The van der Waals surface area contributed by atoms with E-state index in [0.717, 1.165) is 5.56 Å². The first-order valence-electron chi connectivity index (χ1n) is 17.4. The van der Waals surface area contributed by atoms with Crippen LogP contribution in [0.5, 0.6) is 0 Å². The van der Waals surface area contributed by atoms with Gasteiger partial charge in [-0.1, -0.05) is 147 Å². The summed E-state index contributed by atoms with van der Waals surface area (Å²) in [7, 11) is 0. The molecule has 0 bridgehead atoms. The summed E-state index contributed by atoms with van der Waals surface area (Å²) in [4.78, 5) is 0. The van der Waals surface area contributed by atoms with Crippen molar-refractivity contribution in [3.05, 3.63) is 186 Å². The molecule has 7 aromatic carbocycles. The van der Waals surface area contributed by atoms with Crippen molar-refractivity contribution in [1.82, 2.24) is 5.32 Å². The molecule has 242 valence electrons. The van der Waals surface area contributed by atoms with Crippen LogP contribution in [0.4, 0.5) is 0 Å². The summed E-state index contributed by atoms with van der Waals surface area (Å²) in [5.41, 5.74) is 18.0. The summed E-state index contributed by atoms with van der Waals surface area (Å²) < 4.78 is 2.63. The maximum absolute atomic E-state index is 6.85. The topological polar surface area (TPSA) is 38.0 Å². The fourth-order valence-corrected chi connectivity index (χ4v) is 9.02. The summed E-state index contributed by atoms with van der Waals surface area (Å²) in [5, 5.41) is 8.96. The molecule has 1 aliphatic carbocycles. The Kier molecular flexibility index (Phi) is 7.51. The molecular weight excluding hydrogens is 625 g/mol. The molecule has 2 atom stereocenters. The largest absolute Gasteiger partial charge is 0.312 e. The van der Waals surface area contributed by atoms with Gasteiger partial charge in [0, 0.05) is 25.6 Å². The summed E-state index contributed by atoms with van der Waals surface area (Å²) in [6.07, 6.45) is 4.25. The van der Waals surface area contributed by atoms with E-state index >= 15 is 0 Å². The predicted octanol–water partition coefficient (Wildman–Crippen LogP) is 12.2. The molecule has 3 heteroatoms. The Morgan fingerprint density at radius 2 is 1.30 bits per heavy atom. The number of nitrogens with two attached hydrogens (primary N) is 1. The summed E-state index contributed by atoms with van der Waals surface area (Å²) >= 11 is 1.86. The van der Waals surface area contributed by atoms with Crippen molar-refractivity contribution < 1.29 is 0 Å². The second-order valence-corrected chi connectivity index (χ2v) is 15.0. The Hall–Kier alpha value is -5.32. The minimum atomic E-state index is -0.336. The van der Waals surface area contributed by atoms with Gasteiger partial charge in [-0.3, -0.25) is 5.32 Å². The van der Waals surface area contributed by atoms with Gasteiger partial charge >= 0.3 is 0 Å². The standard InChI is InChI=1S/C47H38N2S/c1-47(2)40-20-11-16-30(45(40)39-27-33-14-6-7-15-34(33)28-41(39)47)23-25-42(49-46(48)31-12-4-3-5-13-31)36-18-10-17-32(26-36)35-22-24-38-37-19-8-9-21-43(37)50-44(38)29-35/h3-29,42,46,49H,48H2,1-2H3/b25-23+. The number of benzene rings is 7. The summed E-state index contributed by atoms with van der Waals surface area (Å²) in [6.45, 7) is 4.70. The highest BCUT2D eigenvalue weighted by atomic mass is 32.1. The Labute approximate surface area is 297 Å². The molecule has 0 amide bonds. The second kappa shape index (κ2) is 12.2. The van der Waals surface area contributed by atoms with Gasteiger partial charge in [0.25, 0.3) is 0 Å². The van der Waals surface area contributed by atoms with Crippen molar-refractivity contribution in [3.63, 3.8) is 0 Å². The van der Waals surface area contributed by atoms with E-state index in [1.54, 1.807) is 0 Å². The van der Waals surface area contributed by atoms with Crippen LogP contribution in [0, 0.1) is 0 Å². The predicted molar refractivity (Wildman–Crippen MR) is 215 cm³/mol. The lowest BCUT2D eigenvalue weighted by Gasteiger charge is -2.23. The molecule has 50 heavy (non-hydrogen) atoms. The second-order valence-electron chi connectivity index (χ2n) is 14.0. The SMILES string of the molecule is CC1(C)c2cc3ccccc3cc2-c2c(/C=C/C(NC(N)c3ccccc3)c3cccc(-c4ccc5c(c4)sc4ccccc45)c3)cccc21. The van der Waals surface area contributed by atoms with Crippen molar-refractivity contribution >= 4 is 48.4 Å². The molecule has 1 aliphatic rings. The van der Waals surface area contributed by atoms with Crippen LogP contribution in [0.25, 0.3) is 59.3 Å². The maximum atomic E-state index is 6.85. The van der Waals surface area contributed by atoms with Gasteiger partial charge in [0.2, 0.25) is 0 Å². The molecule has 8 aromatic rings. The van der Waals surface area contributed by atoms with E-state index in [1.807, 2.05) is 29.5 Å². The quantitative estimate of drug-likeness (QED) is 0.167. The molecule has 0 fully saturated rings. The number of nitrogens with one attached hydrogen (secondary N) is 1. The van der Waals surface area contributed by atoms with Gasteiger partial charge in [0.15, 0.2) is 0 Å². The van der Waals surface area contributed by atoms with Gasteiger partial charge in [0.1, 0.15) is 0 Å². The van der Waals surface area contributed by atoms with Crippen molar-refractivity contribution in [2.45, 2.75) is 31.5 Å². The number of rotatable bonds is 7. The zero-order valence-corrected chi connectivity index (χ0v) is 29.0. The summed E-state index contributed by atoms with van der Waals surface area (Å²) in [6, 6.07) is 54.8. The number of thiophene rings is 1. The Morgan fingerprint density at radius 3 is 2.16 bits per heavy atom. The lowest BCUT2D eigenvalue weighted by Crippen LogP contribution is -2.31. The molecular formula is C47H38N2S. The lowest BCUT2D eigenvalue weighted by atomic mass is 9.81. The molecule has 0 spiro atoms. The number of hydrogen-bond donors (Lipinski definition) is 2. The first kappa shape index (κ1) is 30.7. The van der Waals surface area contributed by atoms with E-state index in [1.165, 1.54) is 75.5 Å². The summed E-state index contributed by atoms with van der Waals surface area (Å²) in [5.74, 6) is 0. The van der Waals surface area contributed by atoms with Gasteiger partial charge in [-0.2, -0.15) is 0 Å². The van der Waals surface area contributed by atoms with Crippen molar-refractivity contribution in [2.75, 3.05) is 0 Å². The van der Waals surface area contributed by atoms with Gasteiger partial charge in [0.05, 0.1) is 12.2 Å². The van der Waals surface area contributed by atoms with E-state index in [0.29, 0.717) is 0 Å². The third-order valence-electron chi connectivity index (χ3n) is 10.5. The zero-order chi connectivity index (χ0) is 33.8. The van der Waals surface area contributed by atoms with E-state index in [-0.39, 0.29) is 17.6 Å². The Bertz CT molecular complexity index is 2580. The highest BCUT2D eigenvalue weighted by Gasteiger charge is 2.36. The smallest absolute Gasteiger partial charge is 0.0817 e. The average Bonchev–Trinajstić information content (AvgIpc) is 3.64. The normalized spacial score (nSPS) is 14.7. The first-order chi connectivity index (χ1) is 24.4. The van der Waals surface area contributed by atoms with Crippen LogP contribution in [-0.2, 0) is 5.41 Å². The highest BCUT2D eigenvalue weighted by molar-refractivity contribution is 7.25. The van der Waals surface area contributed by atoms with Crippen LogP contribution in [0.2, 0.25) is 0 Å². The molecule has 2 unspecified atom stereocenters. The fourth-order valence-electron chi connectivity index (χ4n) is 7.87. The van der Waals surface area contributed by atoms with Crippen LogP contribution < -0.4 is 11.1 Å². The molecule has 9 rings (SSSR count). The van der Waals surface area contributed by atoms with Gasteiger partial charge in [-0.25, -0.2) is 0 Å². The maximum Gasteiger partial charge on any atom is 0.0817 e. The van der Waals surface area contributed by atoms with Gasteiger partial charge in [-0.15, -0.1) is 11.3 Å². The van der Waals surface area contributed by atoms with Crippen LogP contribution in [0.1, 0.15) is 53.9 Å². The molecule has 0 saturated carbocycles. The van der Waals surface area contributed by atoms with Crippen LogP contribution in [0.15, 0.2) is 158 Å². The van der Waals surface area contributed by atoms with E-state index in [2.05, 4.69) is 165 Å². The average molecular weight is 663 g/mol. The number of fused-ring (bicyclic) bond motifs is 7. The minimum absolute atomic E-state index is 0.0876. The first-order valence-corrected chi connectivity index (χ1v) is 18.2. The Morgan fingerprint density at radius 1 is 0.600 bits per heavy atom. The molecule has 3 N–H and O–H groups in total. The molecule has 0 radical (unpaired) electrons. The van der Waals surface area contributed by atoms with Crippen molar-refractivity contribution in [1.29, 1.82) is 0 Å². The Balaban J connectivity index is 1.13. The fraction of sp³-hybridized carbons (Fsp3) is 0.106. The molecule has 1 aromatic heterocycles. The van der Waals surface area contributed by atoms with E-state index in [4.69, 9.17) is 5.73 Å². The van der Waals surface area contributed by atoms with E-state index in [9.17, 15) is 0 Å². The van der Waals surface area contributed by atoms with Crippen molar-refractivity contribution in [2.24, 2.45) is 5.73 Å². The minimum Gasteiger partial charge on any atom is -0.312 e. The molecule has 0 saturated heterocycles. The highest BCUT2D eigenvalue weighted by Crippen LogP contribution is 2.51. The number of hydrogen-bond acceptors (Lipinski definition) is 3. The third-order valence-corrected chi connectivity index (χ3v) is 11.7. The molecule has 0 aliphatic heterocycles. The third kappa shape index (κ3) is 5.26. The van der Waals surface area contributed by atoms with Crippen LogP contribution >= 0.6 is 11.3 Å². The zero-order valence-electron chi connectivity index (χ0n) is 28.2. The molecule has 2 nitrogen and oxygen atoms in total. The van der Waals surface area contributed by atoms with Crippen LogP contribution in [-0.4, -0.2) is 0 Å². The lowest BCUT2D eigenvalue weighted by molar-refractivity contribution is 0.509. The van der Waals surface area contributed by atoms with Crippen LogP contribution in [0.3, 0.4) is 0 Å². The van der Waals surface area contributed by atoms with Gasteiger partial charge in [-0.05, 0) is 91.2 Å². The monoisotopic (exact) mass is 662 g/mol.